The van der Waals surface area contributed by atoms with E-state index in [0.717, 1.165) is 19.3 Å². The van der Waals surface area contributed by atoms with Gasteiger partial charge >= 0.3 is 5.97 Å². The fourth-order valence-electron chi connectivity index (χ4n) is 3.77. The molecule has 0 amide bonds. The number of fused-ring (bicyclic) bond motifs is 2. The largest absolute Gasteiger partial charge is 0.459 e. The van der Waals surface area contributed by atoms with Gasteiger partial charge in [0.15, 0.2) is 0 Å². The molecule has 0 N–H and O–H groups in total. The molecule has 3 rings (SSSR count). The van der Waals surface area contributed by atoms with Gasteiger partial charge in [-0.1, -0.05) is 18.6 Å². The van der Waals surface area contributed by atoms with Crippen molar-refractivity contribution in [2.45, 2.75) is 57.5 Å². The molecule has 3 aliphatic carbocycles. The average molecular weight is 234 g/mol. The fourth-order valence-corrected chi connectivity index (χ4v) is 3.77. The van der Waals surface area contributed by atoms with Gasteiger partial charge in [0.05, 0.1) is 5.92 Å². The topological polar surface area (TPSA) is 26.3 Å². The lowest BCUT2D eigenvalue weighted by Crippen LogP contribution is -2.37. The molecule has 94 valence electrons. The Labute approximate surface area is 103 Å². The number of allylic oxidation sites excluding steroid dienone is 2. The van der Waals surface area contributed by atoms with Crippen molar-refractivity contribution in [1.29, 1.82) is 0 Å². The van der Waals surface area contributed by atoms with Gasteiger partial charge in [0.25, 0.3) is 0 Å². The third-order valence-electron chi connectivity index (χ3n) is 4.84. The van der Waals surface area contributed by atoms with Crippen LogP contribution in [-0.4, -0.2) is 11.6 Å². The predicted octanol–water partition coefficient (Wildman–Crippen LogP) is 3.46. The average Bonchev–Trinajstić information content (AvgIpc) is 2.91. The second-order valence-corrected chi connectivity index (χ2v) is 6.32. The van der Waals surface area contributed by atoms with Gasteiger partial charge in [-0.3, -0.25) is 4.79 Å². The molecule has 2 fully saturated rings. The third-order valence-corrected chi connectivity index (χ3v) is 4.84. The van der Waals surface area contributed by atoms with E-state index in [1.807, 2.05) is 0 Å². The van der Waals surface area contributed by atoms with E-state index in [1.54, 1.807) is 0 Å². The molecule has 2 nitrogen and oxygen atoms in total. The Kier molecular flexibility index (Phi) is 2.76. The normalized spacial score (nSPS) is 38.3. The summed E-state index contributed by atoms with van der Waals surface area (Å²) in [5, 5.41) is 0. The van der Waals surface area contributed by atoms with Crippen LogP contribution in [0.4, 0.5) is 0 Å². The fraction of sp³-hybridized carbons (Fsp3) is 0.800. The molecule has 17 heavy (non-hydrogen) atoms. The van der Waals surface area contributed by atoms with Crippen molar-refractivity contribution in [2.75, 3.05) is 0 Å². The second-order valence-electron chi connectivity index (χ2n) is 6.32. The van der Waals surface area contributed by atoms with Crippen molar-refractivity contribution in [2.24, 2.45) is 17.8 Å². The van der Waals surface area contributed by atoms with Crippen LogP contribution in [0.3, 0.4) is 0 Å². The van der Waals surface area contributed by atoms with Crippen molar-refractivity contribution >= 4 is 5.97 Å². The first kappa shape index (κ1) is 11.3. The minimum Gasteiger partial charge on any atom is -0.459 e. The summed E-state index contributed by atoms with van der Waals surface area (Å²) < 4.78 is 5.84. The zero-order chi connectivity index (χ0) is 11.9. The van der Waals surface area contributed by atoms with Crippen molar-refractivity contribution in [3.8, 4) is 0 Å². The van der Waals surface area contributed by atoms with E-state index in [2.05, 4.69) is 19.1 Å². The summed E-state index contributed by atoms with van der Waals surface area (Å²) in [6.07, 6.45) is 12.5. The molecule has 0 heterocycles. The molecule has 0 spiro atoms. The van der Waals surface area contributed by atoms with E-state index in [-0.39, 0.29) is 17.5 Å². The van der Waals surface area contributed by atoms with Crippen molar-refractivity contribution in [3.05, 3.63) is 12.2 Å². The van der Waals surface area contributed by atoms with E-state index >= 15 is 0 Å². The van der Waals surface area contributed by atoms with E-state index < -0.39 is 0 Å². The number of hydrogen-bond donors (Lipinski definition) is 0. The summed E-state index contributed by atoms with van der Waals surface area (Å²) in [4.78, 5) is 12.3. The minimum absolute atomic E-state index is 0.0752. The summed E-state index contributed by atoms with van der Waals surface area (Å²) in [6.45, 7) is 2.12. The molecule has 0 aliphatic heterocycles. The van der Waals surface area contributed by atoms with Crippen LogP contribution in [0.15, 0.2) is 12.2 Å². The summed E-state index contributed by atoms with van der Waals surface area (Å²) in [6, 6.07) is 0. The summed E-state index contributed by atoms with van der Waals surface area (Å²) in [5.74, 6) is 1.35. The molecular formula is C15H22O2. The molecule has 0 aromatic rings. The molecule has 0 saturated heterocycles. The lowest BCUT2D eigenvalue weighted by atomic mass is 9.86. The van der Waals surface area contributed by atoms with Gasteiger partial charge in [-0.2, -0.15) is 0 Å². The van der Waals surface area contributed by atoms with Gasteiger partial charge in [0, 0.05) is 0 Å². The number of esters is 1. The molecule has 3 atom stereocenters. The Hall–Kier alpha value is -0.790. The summed E-state index contributed by atoms with van der Waals surface area (Å²) in [5.41, 5.74) is -0.166. The zero-order valence-electron chi connectivity index (χ0n) is 10.7. The Balaban J connectivity index is 1.61. The Bertz CT molecular complexity index is 339. The van der Waals surface area contributed by atoms with Gasteiger partial charge < -0.3 is 4.74 Å². The Morgan fingerprint density at radius 3 is 2.53 bits per heavy atom. The number of carbonyl (C=O) groups excluding carboxylic acids is 1. The first-order valence-electron chi connectivity index (χ1n) is 7.07. The molecule has 2 bridgehead atoms. The molecule has 0 radical (unpaired) electrons. The van der Waals surface area contributed by atoms with E-state index in [9.17, 15) is 4.79 Å². The monoisotopic (exact) mass is 234 g/mol. The van der Waals surface area contributed by atoms with E-state index in [0.29, 0.717) is 11.8 Å². The maximum absolute atomic E-state index is 12.3. The van der Waals surface area contributed by atoms with Gasteiger partial charge in [-0.05, 0) is 57.3 Å². The first-order chi connectivity index (χ1) is 8.16. The third kappa shape index (κ3) is 2.14. The molecule has 2 saturated carbocycles. The standard InChI is InChI=1S/C15H22O2/c1-15(7-3-2-4-8-15)17-14(16)13-10-11-5-6-12(13)9-11/h5-6,11-13H,2-4,7-10H2,1H3/t11-,12+,13?/m0/s1. The van der Waals surface area contributed by atoms with Crippen LogP contribution in [0.5, 0.6) is 0 Å². The lowest BCUT2D eigenvalue weighted by Gasteiger charge is -2.34. The van der Waals surface area contributed by atoms with Crippen LogP contribution in [0.25, 0.3) is 0 Å². The number of rotatable bonds is 2. The van der Waals surface area contributed by atoms with Crippen LogP contribution in [0, 0.1) is 17.8 Å². The number of ether oxygens (including phenoxy) is 1. The zero-order valence-corrected chi connectivity index (χ0v) is 10.7. The molecular weight excluding hydrogens is 212 g/mol. The lowest BCUT2D eigenvalue weighted by molar-refractivity contribution is -0.167. The summed E-state index contributed by atoms with van der Waals surface area (Å²) >= 11 is 0. The highest BCUT2D eigenvalue weighted by atomic mass is 16.6. The second kappa shape index (κ2) is 4.15. The number of hydrogen-bond acceptors (Lipinski definition) is 2. The highest BCUT2D eigenvalue weighted by Gasteiger charge is 2.43. The molecule has 3 aliphatic rings. The van der Waals surface area contributed by atoms with Crippen molar-refractivity contribution in [3.63, 3.8) is 0 Å². The van der Waals surface area contributed by atoms with Gasteiger partial charge in [0.1, 0.15) is 5.60 Å². The predicted molar refractivity (Wildman–Crippen MR) is 66.4 cm³/mol. The van der Waals surface area contributed by atoms with Crippen LogP contribution < -0.4 is 0 Å². The molecule has 1 unspecified atom stereocenters. The van der Waals surface area contributed by atoms with Gasteiger partial charge in [0.2, 0.25) is 0 Å². The smallest absolute Gasteiger partial charge is 0.310 e. The van der Waals surface area contributed by atoms with E-state index in [1.165, 1.54) is 25.7 Å². The van der Waals surface area contributed by atoms with Crippen molar-refractivity contribution in [1.82, 2.24) is 0 Å². The van der Waals surface area contributed by atoms with Crippen LogP contribution in [0.2, 0.25) is 0 Å². The molecule has 0 aromatic carbocycles. The van der Waals surface area contributed by atoms with Crippen LogP contribution in [-0.2, 0) is 9.53 Å². The Morgan fingerprint density at radius 2 is 1.94 bits per heavy atom. The first-order valence-corrected chi connectivity index (χ1v) is 7.07. The van der Waals surface area contributed by atoms with E-state index in [4.69, 9.17) is 4.74 Å². The number of carbonyl (C=O) groups is 1. The highest BCUT2D eigenvalue weighted by molar-refractivity contribution is 5.74. The minimum atomic E-state index is -0.166. The molecule has 0 aromatic heterocycles. The molecule has 2 heteroatoms. The van der Waals surface area contributed by atoms with Gasteiger partial charge in [-0.15, -0.1) is 0 Å². The highest BCUT2D eigenvalue weighted by Crippen LogP contribution is 2.45. The Morgan fingerprint density at radius 1 is 1.18 bits per heavy atom. The SMILES string of the molecule is CC1(OC(=O)C2C[C@H]3C=C[C@@H]2C3)CCCCC1. The van der Waals surface area contributed by atoms with Gasteiger partial charge in [-0.25, -0.2) is 0 Å². The van der Waals surface area contributed by atoms with Crippen molar-refractivity contribution < 1.29 is 9.53 Å². The maximum Gasteiger partial charge on any atom is 0.310 e. The quantitative estimate of drug-likeness (QED) is 0.540. The summed E-state index contributed by atoms with van der Waals surface area (Å²) in [7, 11) is 0. The maximum atomic E-state index is 12.3. The van der Waals surface area contributed by atoms with Crippen LogP contribution >= 0.6 is 0 Å². The van der Waals surface area contributed by atoms with Crippen LogP contribution in [0.1, 0.15) is 51.9 Å².